The van der Waals surface area contributed by atoms with Gasteiger partial charge in [0.15, 0.2) is 6.19 Å². The zero-order valence-corrected chi connectivity index (χ0v) is 12.3. The molecule has 0 saturated heterocycles. The van der Waals surface area contributed by atoms with E-state index in [1.807, 2.05) is 0 Å². The fourth-order valence-electron chi connectivity index (χ4n) is 2.05. The van der Waals surface area contributed by atoms with Gasteiger partial charge in [-0.3, -0.25) is 10.1 Å². The predicted molar refractivity (Wildman–Crippen MR) is 79.2 cm³/mol. The van der Waals surface area contributed by atoms with Crippen LogP contribution in [0.15, 0.2) is 47.4 Å². The molecular formula is C14H11N3O4S. The Bertz CT molecular complexity index is 885. The molecule has 0 aromatic heterocycles. The van der Waals surface area contributed by atoms with E-state index in [1.54, 1.807) is 35.9 Å². The molecule has 7 nitrogen and oxygen atoms in total. The summed E-state index contributed by atoms with van der Waals surface area (Å²) in [6, 6.07) is 10.3. The molecular weight excluding hydrogens is 306 g/mol. The molecule has 0 spiro atoms. The van der Waals surface area contributed by atoms with Crippen molar-refractivity contribution >= 4 is 15.7 Å². The first-order valence-electron chi connectivity index (χ1n) is 6.12. The minimum absolute atomic E-state index is 0.184. The molecule has 0 aliphatic heterocycles. The van der Waals surface area contributed by atoms with Crippen molar-refractivity contribution in [3.63, 3.8) is 0 Å². The van der Waals surface area contributed by atoms with Crippen LogP contribution in [0.5, 0.6) is 0 Å². The number of nitrogens with one attached hydrogen (secondary N) is 1. The van der Waals surface area contributed by atoms with Crippen molar-refractivity contribution in [1.82, 2.24) is 4.72 Å². The molecule has 2 aromatic rings. The number of rotatable bonds is 4. The summed E-state index contributed by atoms with van der Waals surface area (Å²) in [5.74, 6) is 0. The Labute approximate surface area is 127 Å². The van der Waals surface area contributed by atoms with E-state index in [1.165, 1.54) is 12.3 Å². The van der Waals surface area contributed by atoms with Crippen LogP contribution in [0.1, 0.15) is 5.56 Å². The Balaban J connectivity index is 2.73. The summed E-state index contributed by atoms with van der Waals surface area (Å²) in [6.45, 7) is 1.77. The number of benzene rings is 2. The first-order chi connectivity index (χ1) is 10.4. The predicted octanol–water partition coefficient (Wildman–Crippen LogP) is 2.33. The van der Waals surface area contributed by atoms with E-state index >= 15 is 0 Å². The normalized spacial score (nSPS) is 10.7. The molecule has 112 valence electrons. The van der Waals surface area contributed by atoms with Gasteiger partial charge < -0.3 is 0 Å². The van der Waals surface area contributed by atoms with Crippen molar-refractivity contribution in [2.45, 2.75) is 11.8 Å². The van der Waals surface area contributed by atoms with Crippen molar-refractivity contribution in [1.29, 1.82) is 5.26 Å². The number of hydrogen-bond donors (Lipinski definition) is 1. The summed E-state index contributed by atoms with van der Waals surface area (Å²) in [5.41, 5.74) is 1.31. The second kappa shape index (κ2) is 5.83. The molecule has 8 heteroatoms. The third kappa shape index (κ3) is 2.89. The lowest BCUT2D eigenvalue weighted by atomic mass is 9.99. The van der Waals surface area contributed by atoms with E-state index in [4.69, 9.17) is 5.26 Å². The van der Waals surface area contributed by atoms with E-state index in [9.17, 15) is 18.5 Å². The third-order valence-corrected chi connectivity index (χ3v) is 4.32. The van der Waals surface area contributed by atoms with Gasteiger partial charge in [0, 0.05) is 6.07 Å². The lowest BCUT2D eigenvalue weighted by Gasteiger charge is -2.09. The lowest BCUT2D eigenvalue weighted by Crippen LogP contribution is -2.18. The van der Waals surface area contributed by atoms with Crippen LogP contribution in [-0.4, -0.2) is 13.3 Å². The highest BCUT2D eigenvalue weighted by Gasteiger charge is 2.21. The van der Waals surface area contributed by atoms with Crippen LogP contribution in [0.25, 0.3) is 11.1 Å². The molecule has 0 radical (unpaired) electrons. The topological polar surface area (TPSA) is 113 Å². The van der Waals surface area contributed by atoms with Crippen molar-refractivity contribution in [3.8, 4) is 17.3 Å². The molecule has 0 saturated carbocycles. The molecule has 2 rings (SSSR count). The number of nitriles is 1. The number of hydrogen-bond acceptors (Lipinski definition) is 5. The monoisotopic (exact) mass is 317 g/mol. The van der Waals surface area contributed by atoms with Crippen LogP contribution in [0, 0.1) is 28.5 Å². The second-order valence-electron chi connectivity index (χ2n) is 4.47. The Hall–Kier alpha value is -2.92. The van der Waals surface area contributed by atoms with Gasteiger partial charge in [-0.15, -0.1) is 0 Å². The van der Waals surface area contributed by atoms with Crippen LogP contribution < -0.4 is 4.72 Å². The fraction of sp³-hybridized carbons (Fsp3) is 0.0714. The molecule has 0 fully saturated rings. The first-order valence-corrected chi connectivity index (χ1v) is 7.60. The maximum atomic E-state index is 11.9. The molecule has 0 bridgehead atoms. The lowest BCUT2D eigenvalue weighted by molar-refractivity contribution is -0.384. The zero-order chi connectivity index (χ0) is 16.3. The van der Waals surface area contributed by atoms with Gasteiger partial charge in [0.25, 0.3) is 15.7 Å². The van der Waals surface area contributed by atoms with Crippen LogP contribution in [0.3, 0.4) is 0 Å². The summed E-state index contributed by atoms with van der Waals surface area (Å²) in [6.07, 6.45) is 1.34. The standard InChI is InChI=1S/C14H11N3O4S/c1-10-4-2-3-5-12(10)13-8-11(22(20,21)16-9-15)6-7-14(13)17(18)19/h2-8,16H,1H3. The average Bonchev–Trinajstić information content (AvgIpc) is 2.47. The SMILES string of the molecule is Cc1ccccc1-c1cc(S(=O)(=O)NC#N)ccc1[N+](=O)[O-]. The minimum Gasteiger partial charge on any atom is -0.258 e. The van der Waals surface area contributed by atoms with Gasteiger partial charge in [0.1, 0.15) is 0 Å². The minimum atomic E-state index is -4.03. The maximum Gasteiger partial charge on any atom is 0.277 e. The van der Waals surface area contributed by atoms with E-state index in [-0.39, 0.29) is 16.1 Å². The van der Waals surface area contributed by atoms with Crippen LogP contribution in [-0.2, 0) is 10.0 Å². The molecule has 1 N–H and O–H groups in total. The number of sulfonamides is 1. The Morgan fingerprint density at radius 1 is 1.18 bits per heavy atom. The molecule has 0 unspecified atom stereocenters. The van der Waals surface area contributed by atoms with Gasteiger partial charge in [-0.1, -0.05) is 24.3 Å². The summed E-state index contributed by atoms with van der Waals surface area (Å²) in [5, 5.41) is 19.7. The summed E-state index contributed by atoms with van der Waals surface area (Å²) >= 11 is 0. The Morgan fingerprint density at radius 2 is 1.86 bits per heavy atom. The highest BCUT2D eigenvalue weighted by atomic mass is 32.2. The summed E-state index contributed by atoms with van der Waals surface area (Å²) < 4.78 is 25.4. The second-order valence-corrected chi connectivity index (χ2v) is 6.15. The number of aryl methyl sites for hydroxylation is 1. The molecule has 0 aliphatic carbocycles. The van der Waals surface area contributed by atoms with Crippen LogP contribution in [0.4, 0.5) is 5.69 Å². The van der Waals surface area contributed by atoms with Crippen LogP contribution >= 0.6 is 0 Å². The Kier molecular flexibility index (Phi) is 4.10. The highest BCUT2D eigenvalue weighted by Crippen LogP contribution is 2.33. The van der Waals surface area contributed by atoms with E-state index in [0.717, 1.165) is 17.7 Å². The van der Waals surface area contributed by atoms with Crippen molar-refractivity contribution in [2.75, 3.05) is 0 Å². The van der Waals surface area contributed by atoms with Crippen molar-refractivity contribution in [3.05, 3.63) is 58.1 Å². The third-order valence-electron chi connectivity index (χ3n) is 3.09. The number of nitro groups is 1. The van der Waals surface area contributed by atoms with Crippen LogP contribution in [0.2, 0.25) is 0 Å². The van der Waals surface area contributed by atoms with Gasteiger partial charge in [0.05, 0.1) is 15.4 Å². The van der Waals surface area contributed by atoms with E-state index in [0.29, 0.717) is 5.56 Å². The zero-order valence-electron chi connectivity index (χ0n) is 11.5. The average molecular weight is 317 g/mol. The van der Waals surface area contributed by atoms with Gasteiger partial charge in [-0.2, -0.15) is 5.26 Å². The molecule has 2 aromatic carbocycles. The first kappa shape index (κ1) is 15.5. The van der Waals surface area contributed by atoms with E-state index < -0.39 is 14.9 Å². The highest BCUT2D eigenvalue weighted by molar-refractivity contribution is 7.89. The fourth-order valence-corrected chi connectivity index (χ4v) is 2.81. The molecule has 22 heavy (non-hydrogen) atoms. The van der Waals surface area contributed by atoms with Gasteiger partial charge in [0.2, 0.25) is 0 Å². The van der Waals surface area contributed by atoms with Gasteiger partial charge in [-0.05, 0) is 30.2 Å². The smallest absolute Gasteiger partial charge is 0.258 e. The van der Waals surface area contributed by atoms with E-state index in [2.05, 4.69) is 0 Å². The summed E-state index contributed by atoms with van der Waals surface area (Å²) in [4.78, 5) is 10.4. The van der Waals surface area contributed by atoms with Crippen molar-refractivity contribution in [2.24, 2.45) is 0 Å². The number of nitrogens with zero attached hydrogens (tertiary/aromatic N) is 2. The maximum absolute atomic E-state index is 11.9. The summed E-state index contributed by atoms with van der Waals surface area (Å²) in [7, 11) is -4.03. The van der Waals surface area contributed by atoms with Gasteiger partial charge in [-0.25, -0.2) is 13.1 Å². The molecule has 0 atom stereocenters. The number of nitro benzene ring substituents is 1. The molecule has 0 heterocycles. The quantitative estimate of drug-likeness (QED) is 0.402. The van der Waals surface area contributed by atoms with Gasteiger partial charge >= 0.3 is 0 Å². The largest absolute Gasteiger partial charge is 0.277 e. The Morgan fingerprint density at radius 3 is 2.45 bits per heavy atom. The molecule has 0 aliphatic rings. The van der Waals surface area contributed by atoms with Crippen molar-refractivity contribution < 1.29 is 13.3 Å². The molecule has 0 amide bonds.